The number of aryl methyl sites for hydroxylation is 1. The number of benzene rings is 2. The SMILES string of the molecule is CCc1cc(Cc2n[nH]c(=O)c3ccccc23)cc(C(=O)N2CCSCC2)c1OC. The summed E-state index contributed by atoms with van der Waals surface area (Å²) in [6.07, 6.45) is 1.28. The molecule has 6 nitrogen and oxygen atoms in total. The zero-order chi connectivity index (χ0) is 21.1. The van der Waals surface area contributed by atoms with Crippen LogP contribution in [0, 0.1) is 0 Å². The normalized spacial score (nSPS) is 14.1. The number of H-pyrrole nitrogens is 1. The Morgan fingerprint density at radius 2 is 1.93 bits per heavy atom. The number of nitrogens with one attached hydrogen (secondary N) is 1. The maximum atomic E-state index is 13.3. The third kappa shape index (κ3) is 3.94. The summed E-state index contributed by atoms with van der Waals surface area (Å²) in [5, 5.41) is 8.34. The molecule has 1 saturated heterocycles. The van der Waals surface area contributed by atoms with Gasteiger partial charge in [-0.25, -0.2) is 5.10 Å². The maximum absolute atomic E-state index is 13.3. The molecule has 0 unspecified atom stereocenters. The molecular weight excluding hydrogens is 398 g/mol. The average molecular weight is 424 g/mol. The van der Waals surface area contributed by atoms with Crippen molar-refractivity contribution >= 4 is 28.4 Å². The predicted molar refractivity (Wildman–Crippen MR) is 121 cm³/mol. The Kier molecular flexibility index (Phi) is 6.08. The Balaban J connectivity index is 1.77. The fourth-order valence-electron chi connectivity index (χ4n) is 3.96. The van der Waals surface area contributed by atoms with Gasteiger partial charge in [-0.1, -0.05) is 31.2 Å². The Bertz CT molecular complexity index is 1140. The summed E-state index contributed by atoms with van der Waals surface area (Å²) in [6.45, 7) is 3.57. The quantitative estimate of drug-likeness (QED) is 0.682. The first-order valence-corrected chi connectivity index (χ1v) is 11.3. The van der Waals surface area contributed by atoms with Crippen LogP contribution in [0.5, 0.6) is 5.75 Å². The Hall–Kier alpha value is -2.80. The largest absolute Gasteiger partial charge is 0.496 e. The second kappa shape index (κ2) is 8.92. The predicted octanol–water partition coefficient (Wildman–Crippen LogP) is 3.27. The number of methoxy groups -OCH3 is 1. The molecule has 30 heavy (non-hydrogen) atoms. The standard InChI is InChI=1S/C23H25N3O3S/c1-3-16-12-15(14-20-17-6-4-5-7-18(17)22(27)25-24-20)13-19(21(16)29-2)23(28)26-8-10-30-11-9-26/h4-7,12-13H,3,8-11,14H2,1-2H3,(H,25,27). The first-order valence-electron chi connectivity index (χ1n) is 10.2. The van der Waals surface area contributed by atoms with Crippen LogP contribution in [0.25, 0.3) is 10.8 Å². The molecule has 2 heterocycles. The van der Waals surface area contributed by atoms with Gasteiger partial charge in [-0.2, -0.15) is 16.9 Å². The monoisotopic (exact) mass is 423 g/mol. The van der Waals surface area contributed by atoms with Crippen molar-refractivity contribution < 1.29 is 9.53 Å². The molecule has 0 saturated carbocycles. The summed E-state index contributed by atoms with van der Waals surface area (Å²) in [7, 11) is 1.62. The molecule has 1 aliphatic heterocycles. The molecule has 1 aliphatic rings. The molecule has 7 heteroatoms. The zero-order valence-corrected chi connectivity index (χ0v) is 18.1. The van der Waals surface area contributed by atoms with E-state index in [1.807, 2.05) is 40.9 Å². The van der Waals surface area contributed by atoms with E-state index in [4.69, 9.17) is 4.74 Å². The number of fused-ring (bicyclic) bond motifs is 1. The molecule has 0 atom stereocenters. The van der Waals surface area contributed by atoms with Crippen molar-refractivity contribution in [2.75, 3.05) is 31.7 Å². The molecule has 1 N–H and O–H groups in total. The van der Waals surface area contributed by atoms with Gasteiger partial charge in [0.2, 0.25) is 0 Å². The molecule has 0 spiro atoms. The lowest BCUT2D eigenvalue weighted by Crippen LogP contribution is -2.38. The summed E-state index contributed by atoms with van der Waals surface area (Å²) in [5.41, 5.74) is 3.17. The first kappa shape index (κ1) is 20.5. The topological polar surface area (TPSA) is 75.3 Å². The highest BCUT2D eigenvalue weighted by atomic mass is 32.2. The number of hydrogen-bond donors (Lipinski definition) is 1. The highest BCUT2D eigenvalue weighted by Crippen LogP contribution is 2.30. The van der Waals surface area contributed by atoms with E-state index in [2.05, 4.69) is 23.2 Å². The number of ether oxygens (including phenoxy) is 1. The third-order valence-electron chi connectivity index (χ3n) is 5.49. The summed E-state index contributed by atoms with van der Waals surface area (Å²) >= 11 is 1.87. The second-order valence-corrected chi connectivity index (χ2v) is 8.54. The number of hydrogen-bond acceptors (Lipinski definition) is 5. The number of carbonyl (C=O) groups excluding carboxylic acids is 1. The minimum atomic E-state index is -0.197. The minimum absolute atomic E-state index is 0.0167. The van der Waals surface area contributed by atoms with Crippen LogP contribution in [0.1, 0.15) is 34.1 Å². The molecule has 156 valence electrons. The van der Waals surface area contributed by atoms with Gasteiger partial charge in [-0.3, -0.25) is 9.59 Å². The number of aromatic amines is 1. The van der Waals surface area contributed by atoms with Crippen molar-refractivity contribution in [1.29, 1.82) is 0 Å². The molecule has 4 rings (SSSR count). The Morgan fingerprint density at radius 3 is 2.63 bits per heavy atom. The number of carbonyl (C=O) groups is 1. The van der Waals surface area contributed by atoms with Gasteiger partial charge in [0.05, 0.1) is 23.8 Å². The first-order chi connectivity index (χ1) is 14.6. The summed E-state index contributed by atoms with van der Waals surface area (Å²) in [6, 6.07) is 11.5. The van der Waals surface area contributed by atoms with Gasteiger partial charge in [0.1, 0.15) is 5.75 Å². The number of rotatable bonds is 5. The number of aromatic nitrogens is 2. The molecule has 1 fully saturated rings. The van der Waals surface area contributed by atoms with E-state index in [1.54, 1.807) is 13.2 Å². The molecule has 2 aromatic carbocycles. The van der Waals surface area contributed by atoms with Crippen LogP contribution in [0.3, 0.4) is 0 Å². The van der Waals surface area contributed by atoms with E-state index in [-0.39, 0.29) is 11.5 Å². The van der Waals surface area contributed by atoms with E-state index in [0.717, 1.165) is 53.2 Å². The van der Waals surface area contributed by atoms with Crippen LogP contribution in [-0.4, -0.2) is 52.7 Å². The minimum Gasteiger partial charge on any atom is -0.496 e. The second-order valence-electron chi connectivity index (χ2n) is 7.32. The molecule has 0 aliphatic carbocycles. The zero-order valence-electron chi connectivity index (χ0n) is 17.2. The highest BCUT2D eigenvalue weighted by Gasteiger charge is 2.24. The van der Waals surface area contributed by atoms with Crippen LogP contribution >= 0.6 is 11.8 Å². The molecule has 3 aromatic rings. The Morgan fingerprint density at radius 1 is 1.20 bits per heavy atom. The number of thioether (sulfide) groups is 1. The fourth-order valence-corrected chi connectivity index (χ4v) is 4.86. The van der Waals surface area contributed by atoms with Gasteiger partial charge >= 0.3 is 0 Å². The maximum Gasteiger partial charge on any atom is 0.272 e. The van der Waals surface area contributed by atoms with Crippen LogP contribution < -0.4 is 10.3 Å². The van der Waals surface area contributed by atoms with E-state index in [9.17, 15) is 9.59 Å². The lowest BCUT2D eigenvalue weighted by Gasteiger charge is -2.27. The van der Waals surface area contributed by atoms with E-state index in [0.29, 0.717) is 23.1 Å². The van der Waals surface area contributed by atoms with Gasteiger partial charge in [0, 0.05) is 36.4 Å². The summed E-state index contributed by atoms with van der Waals surface area (Å²) < 4.78 is 5.65. The molecule has 1 aromatic heterocycles. The van der Waals surface area contributed by atoms with Gasteiger partial charge in [0.25, 0.3) is 11.5 Å². The lowest BCUT2D eigenvalue weighted by atomic mass is 9.97. The molecule has 1 amide bonds. The van der Waals surface area contributed by atoms with E-state index in [1.165, 1.54) is 0 Å². The van der Waals surface area contributed by atoms with Crippen molar-refractivity contribution in [2.45, 2.75) is 19.8 Å². The van der Waals surface area contributed by atoms with Crippen molar-refractivity contribution in [3.05, 3.63) is 69.1 Å². The van der Waals surface area contributed by atoms with Crippen molar-refractivity contribution in [1.82, 2.24) is 15.1 Å². The van der Waals surface area contributed by atoms with E-state index < -0.39 is 0 Å². The smallest absolute Gasteiger partial charge is 0.272 e. The number of amides is 1. The molecule has 0 bridgehead atoms. The number of nitrogens with zero attached hydrogens (tertiary/aromatic N) is 2. The fraction of sp³-hybridized carbons (Fsp3) is 0.348. The van der Waals surface area contributed by atoms with E-state index >= 15 is 0 Å². The van der Waals surface area contributed by atoms with Gasteiger partial charge in [-0.15, -0.1) is 0 Å². The summed E-state index contributed by atoms with van der Waals surface area (Å²) in [4.78, 5) is 27.3. The molecular formula is C23H25N3O3S. The van der Waals surface area contributed by atoms with Crippen molar-refractivity contribution in [3.8, 4) is 5.75 Å². The van der Waals surface area contributed by atoms with Crippen LogP contribution in [0.15, 0.2) is 41.2 Å². The van der Waals surface area contributed by atoms with Gasteiger partial charge in [-0.05, 0) is 29.7 Å². The Labute approximate surface area is 179 Å². The third-order valence-corrected chi connectivity index (χ3v) is 6.43. The van der Waals surface area contributed by atoms with Crippen molar-refractivity contribution in [3.63, 3.8) is 0 Å². The lowest BCUT2D eigenvalue weighted by molar-refractivity contribution is 0.0768. The molecule has 0 radical (unpaired) electrons. The van der Waals surface area contributed by atoms with Crippen molar-refractivity contribution in [2.24, 2.45) is 0 Å². The van der Waals surface area contributed by atoms with Gasteiger partial charge < -0.3 is 9.64 Å². The highest BCUT2D eigenvalue weighted by molar-refractivity contribution is 7.99. The van der Waals surface area contributed by atoms with Crippen LogP contribution in [0.2, 0.25) is 0 Å². The van der Waals surface area contributed by atoms with Gasteiger partial charge in [0.15, 0.2) is 0 Å². The van der Waals surface area contributed by atoms with Crippen LogP contribution in [-0.2, 0) is 12.8 Å². The average Bonchev–Trinajstić information content (AvgIpc) is 2.80. The van der Waals surface area contributed by atoms with Crippen LogP contribution in [0.4, 0.5) is 0 Å². The summed E-state index contributed by atoms with van der Waals surface area (Å²) in [5.74, 6) is 2.59.